The molecule has 0 bridgehead atoms. The van der Waals surface area contributed by atoms with Crippen molar-refractivity contribution in [1.82, 2.24) is 10.2 Å². The minimum atomic E-state index is 0.608. The molecular formula is C13H28N2. The van der Waals surface area contributed by atoms with Gasteiger partial charge in [0.15, 0.2) is 0 Å². The second-order valence-electron chi connectivity index (χ2n) is 4.97. The van der Waals surface area contributed by atoms with Gasteiger partial charge in [-0.15, -0.1) is 0 Å². The third kappa shape index (κ3) is 3.76. The van der Waals surface area contributed by atoms with Gasteiger partial charge in [0.25, 0.3) is 0 Å². The number of hydrogen-bond donors (Lipinski definition) is 1. The first-order valence-electron chi connectivity index (χ1n) is 6.69. The highest BCUT2D eigenvalue weighted by Crippen LogP contribution is 2.33. The number of nitrogens with zero attached hydrogens (tertiary/aromatic N) is 1. The third-order valence-electron chi connectivity index (χ3n) is 3.96. The first kappa shape index (κ1) is 13.0. The second-order valence-corrected chi connectivity index (χ2v) is 4.97. The summed E-state index contributed by atoms with van der Waals surface area (Å²) >= 11 is 0. The van der Waals surface area contributed by atoms with Crippen LogP contribution in [0.4, 0.5) is 0 Å². The smallest absolute Gasteiger partial charge is 0.00387 e. The van der Waals surface area contributed by atoms with Gasteiger partial charge in [-0.05, 0) is 57.3 Å². The molecule has 1 saturated heterocycles. The van der Waals surface area contributed by atoms with Gasteiger partial charge in [-0.3, -0.25) is 0 Å². The normalized spacial score (nSPS) is 20.8. The summed E-state index contributed by atoms with van der Waals surface area (Å²) in [6.07, 6.45) is 5.36. The van der Waals surface area contributed by atoms with E-state index in [0.717, 1.165) is 0 Å². The van der Waals surface area contributed by atoms with Crippen molar-refractivity contribution in [1.29, 1.82) is 0 Å². The van der Waals surface area contributed by atoms with Crippen molar-refractivity contribution in [2.75, 3.05) is 32.7 Å². The molecule has 0 aromatic carbocycles. The van der Waals surface area contributed by atoms with Gasteiger partial charge in [-0.25, -0.2) is 0 Å². The molecule has 2 nitrogen and oxygen atoms in total. The lowest BCUT2D eigenvalue weighted by molar-refractivity contribution is 0.110. The summed E-state index contributed by atoms with van der Waals surface area (Å²) in [5.74, 6) is 0. The van der Waals surface area contributed by atoms with Crippen LogP contribution < -0.4 is 5.32 Å². The molecule has 1 aliphatic heterocycles. The SMILES string of the molecule is CCCN(CC)CC1(CC)CCNCC1. The van der Waals surface area contributed by atoms with Gasteiger partial charge in [0, 0.05) is 6.54 Å². The summed E-state index contributed by atoms with van der Waals surface area (Å²) in [6.45, 7) is 13.2. The number of piperidine rings is 1. The maximum Gasteiger partial charge on any atom is 0.00387 e. The second kappa shape index (κ2) is 6.49. The van der Waals surface area contributed by atoms with Crippen LogP contribution >= 0.6 is 0 Å². The molecule has 0 aromatic rings. The highest BCUT2D eigenvalue weighted by molar-refractivity contribution is 4.86. The fourth-order valence-electron chi connectivity index (χ4n) is 2.72. The summed E-state index contributed by atoms with van der Waals surface area (Å²) in [5, 5.41) is 3.48. The summed E-state index contributed by atoms with van der Waals surface area (Å²) in [6, 6.07) is 0. The van der Waals surface area contributed by atoms with Gasteiger partial charge in [-0.2, -0.15) is 0 Å². The standard InChI is InChI=1S/C13H28N2/c1-4-11-15(6-3)12-13(5-2)7-9-14-10-8-13/h14H,4-12H2,1-3H3. The quantitative estimate of drug-likeness (QED) is 0.728. The average Bonchev–Trinajstić information content (AvgIpc) is 2.30. The Bertz CT molecular complexity index is 162. The minimum Gasteiger partial charge on any atom is -0.317 e. The zero-order valence-electron chi connectivity index (χ0n) is 10.8. The van der Waals surface area contributed by atoms with Crippen LogP contribution in [0.3, 0.4) is 0 Å². The van der Waals surface area contributed by atoms with Gasteiger partial charge in [0.1, 0.15) is 0 Å². The molecule has 1 aliphatic rings. The van der Waals surface area contributed by atoms with Gasteiger partial charge in [0.2, 0.25) is 0 Å². The van der Waals surface area contributed by atoms with E-state index >= 15 is 0 Å². The Balaban J connectivity index is 2.49. The molecule has 1 N–H and O–H groups in total. The van der Waals surface area contributed by atoms with Gasteiger partial charge >= 0.3 is 0 Å². The van der Waals surface area contributed by atoms with Gasteiger partial charge in [0.05, 0.1) is 0 Å². The van der Waals surface area contributed by atoms with Crippen LogP contribution in [-0.2, 0) is 0 Å². The zero-order chi connectivity index (χ0) is 11.1. The zero-order valence-corrected chi connectivity index (χ0v) is 10.8. The number of hydrogen-bond acceptors (Lipinski definition) is 2. The molecule has 0 saturated carbocycles. The Kier molecular flexibility index (Phi) is 5.62. The first-order chi connectivity index (χ1) is 7.26. The average molecular weight is 212 g/mol. The van der Waals surface area contributed by atoms with E-state index in [1.54, 1.807) is 0 Å². The van der Waals surface area contributed by atoms with Gasteiger partial charge in [-0.1, -0.05) is 20.8 Å². The Morgan fingerprint density at radius 3 is 2.27 bits per heavy atom. The summed E-state index contributed by atoms with van der Waals surface area (Å²) < 4.78 is 0. The Hall–Kier alpha value is -0.0800. The number of rotatable bonds is 6. The minimum absolute atomic E-state index is 0.608. The Morgan fingerprint density at radius 2 is 1.80 bits per heavy atom. The van der Waals surface area contributed by atoms with Crippen LogP contribution in [0.15, 0.2) is 0 Å². The van der Waals surface area contributed by atoms with E-state index in [0.29, 0.717) is 5.41 Å². The lowest BCUT2D eigenvalue weighted by Crippen LogP contribution is -2.44. The monoisotopic (exact) mass is 212 g/mol. The number of nitrogens with one attached hydrogen (secondary N) is 1. The Labute approximate surface area is 95.4 Å². The molecule has 0 spiro atoms. The van der Waals surface area contributed by atoms with Crippen LogP contribution in [0.2, 0.25) is 0 Å². The summed E-state index contributed by atoms with van der Waals surface area (Å²) in [7, 11) is 0. The first-order valence-corrected chi connectivity index (χ1v) is 6.69. The van der Waals surface area contributed by atoms with Crippen molar-refractivity contribution in [3.63, 3.8) is 0 Å². The van der Waals surface area contributed by atoms with Crippen molar-refractivity contribution in [3.05, 3.63) is 0 Å². The van der Waals surface area contributed by atoms with E-state index in [-0.39, 0.29) is 0 Å². The van der Waals surface area contributed by atoms with E-state index in [4.69, 9.17) is 0 Å². The molecule has 15 heavy (non-hydrogen) atoms. The Morgan fingerprint density at radius 1 is 1.13 bits per heavy atom. The van der Waals surface area contributed by atoms with Crippen molar-refractivity contribution in [3.8, 4) is 0 Å². The molecule has 0 aromatic heterocycles. The van der Waals surface area contributed by atoms with Crippen molar-refractivity contribution >= 4 is 0 Å². The molecule has 0 aliphatic carbocycles. The molecule has 1 fully saturated rings. The van der Waals surface area contributed by atoms with Crippen molar-refractivity contribution < 1.29 is 0 Å². The fourth-order valence-corrected chi connectivity index (χ4v) is 2.72. The molecule has 0 radical (unpaired) electrons. The maximum atomic E-state index is 3.48. The van der Waals surface area contributed by atoms with Crippen LogP contribution in [0.25, 0.3) is 0 Å². The fraction of sp³-hybridized carbons (Fsp3) is 1.00. The van der Waals surface area contributed by atoms with Crippen LogP contribution in [0, 0.1) is 5.41 Å². The molecule has 0 amide bonds. The molecule has 90 valence electrons. The van der Waals surface area contributed by atoms with Crippen LogP contribution in [0.5, 0.6) is 0 Å². The predicted molar refractivity (Wildman–Crippen MR) is 67.2 cm³/mol. The van der Waals surface area contributed by atoms with E-state index in [2.05, 4.69) is 31.0 Å². The van der Waals surface area contributed by atoms with Crippen molar-refractivity contribution in [2.24, 2.45) is 5.41 Å². The van der Waals surface area contributed by atoms with E-state index in [1.165, 1.54) is 58.4 Å². The highest BCUT2D eigenvalue weighted by Gasteiger charge is 2.31. The predicted octanol–water partition coefficient (Wildman–Crippen LogP) is 2.50. The maximum absolute atomic E-state index is 3.48. The largest absolute Gasteiger partial charge is 0.317 e. The highest BCUT2D eigenvalue weighted by atomic mass is 15.1. The lowest BCUT2D eigenvalue weighted by atomic mass is 9.76. The molecule has 1 rings (SSSR count). The molecule has 0 atom stereocenters. The summed E-state index contributed by atoms with van der Waals surface area (Å²) in [5.41, 5.74) is 0.608. The molecular weight excluding hydrogens is 184 g/mol. The topological polar surface area (TPSA) is 15.3 Å². The van der Waals surface area contributed by atoms with Crippen LogP contribution in [-0.4, -0.2) is 37.6 Å². The molecule has 1 heterocycles. The van der Waals surface area contributed by atoms with E-state index in [1.807, 2.05) is 0 Å². The van der Waals surface area contributed by atoms with E-state index in [9.17, 15) is 0 Å². The van der Waals surface area contributed by atoms with E-state index < -0.39 is 0 Å². The van der Waals surface area contributed by atoms with Crippen LogP contribution in [0.1, 0.15) is 46.5 Å². The molecule has 0 unspecified atom stereocenters. The van der Waals surface area contributed by atoms with Crippen molar-refractivity contribution in [2.45, 2.75) is 46.5 Å². The van der Waals surface area contributed by atoms with Gasteiger partial charge < -0.3 is 10.2 Å². The lowest BCUT2D eigenvalue weighted by Gasteiger charge is -2.40. The molecule has 2 heteroatoms. The third-order valence-corrected chi connectivity index (χ3v) is 3.96. The summed E-state index contributed by atoms with van der Waals surface area (Å²) in [4.78, 5) is 2.63.